The lowest BCUT2D eigenvalue weighted by Gasteiger charge is -2.18. The molecule has 0 spiro atoms. The Balaban J connectivity index is 4.13. The van der Waals surface area contributed by atoms with Gasteiger partial charge in [-0.1, -0.05) is 281 Å². The monoisotopic (exact) mass is 1060 g/mol. The number of carbonyl (C=O) groups is 3. The molecule has 0 aromatic rings. The van der Waals surface area contributed by atoms with E-state index in [1.807, 2.05) is 0 Å². The first-order chi connectivity index (χ1) is 37.5. The van der Waals surface area contributed by atoms with Crippen molar-refractivity contribution in [2.24, 2.45) is 0 Å². The molecule has 1 unspecified atom stereocenters. The highest BCUT2D eigenvalue weighted by molar-refractivity contribution is 5.71. The minimum atomic E-state index is -0.783. The maximum atomic E-state index is 12.9. The predicted molar refractivity (Wildman–Crippen MR) is 330 cm³/mol. The van der Waals surface area contributed by atoms with E-state index in [9.17, 15) is 14.4 Å². The summed E-state index contributed by atoms with van der Waals surface area (Å²) < 4.78 is 16.9. The molecule has 0 rings (SSSR count). The number of ether oxygens (including phenoxy) is 3. The van der Waals surface area contributed by atoms with Crippen molar-refractivity contribution < 1.29 is 28.6 Å². The third kappa shape index (κ3) is 62.0. The minimum absolute atomic E-state index is 0.0795. The molecule has 0 aromatic carbocycles. The van der Waals surface area contributed by atoms with Crippen LogP contribution in [0, 0.1) is 0 Å². The van der Waals surface area contributed by atoms with Crippen molar-refractivity contribution in [3.8, 4) is 0 Å². The van der Waals surface area contributed by atoms with E-state index >= 15 is 0 Å². The second kappa shape index (κ2) is 64.6. The van der Waals surface area contributed by atoms with E-state index in [-0.39, 0.29) is 31.1 Å². The SMILES string of the molecule is CCCCC/C=C\C/C=C\CCCCCCCC(=O)OC(COC(=O)CCCCCCC/C=C\CCCCC)COC(=O)CCCCCCCCCCCCCCCCCCCCC/C=C\C/C=C\CCCCCCC. The van der Waals surface area contributed by atoms with Gasteiger partial charge in [-0.25, -0.2) is 0 Å². The zero-order valence-corrected chi connectivity index (χ0v) is 50.8. The first kappa shape index (κ1) is 73.1. The number of rotatable bonds is 61. The van der Waals surface area contributed by atoms with Gasteiger partial charge in [0, 0.05) is 19.3 Å². The number of hydrogen-bond donors (Lipinski definition) is 0. The molecule has 0 amide bonds. The van der Waals surface area contributed by atoms with Gasteiger partial charge < -0.3 is 14.2 Å². The highest BCUT2D eigenvalue weighted by Gasteiger charge is 2.19. The van der Waals surface area contributed by atoms with Gasteiger partial charge in [0.25, 0.3) is 0 Å². The second-order valence-electron chi connectivity index (χ2n) is 22.4. The number of unbranched alkanes of at least 4 members (excludes halogenated alkanes) is 40. The molecule has 0 aromatic heterocycles. The summed E-state index contributed by atoms with van der Waals surface area (Å²) in [6.45, 7) is 6.60. The Labute approximate surface area is 472 Å². The van der Waals surface area contributed by atoms with Gasteiger partial charge in [-0.2, -0.15) is 0 Å². The molecule has 0 aliphatic heterocycles. The lowest BCUT2D eigenvalue weighted by Crippen LogP contribution is -2.30. The van der Waals surface area contributed by atoms with Crippen LogP contribution in [0.25, 0.3) is 0 Å². The van der Waals surface area contributed by atoms with Crippen molar-refractivity contribution in [3.63, 3.8) is 0 Å². The molecule has 6 heteroatoms. The van der Waals surface area contributed by atoms with E-state index in [1.54, 1.807) is 0 Å². The molecule has 0 aliphatic rings. The van der Waals surface area contributed by atoms with Gasteiger partial charge in [0.2, 0.25) is 0 Å². The normalized spacial score (nSPS) is 12.4. The van der Waals surface area contributed by atoms with Crippen molar-refractivity contribution in [1.82, 2.24) is 0 Å². The highest BCUT2D eigenvalue weighted by Crippen LogP contribution is 2.17. The summed E-state index contributed by atoms with van der Waals surface area (Å²) in [5, 5.41) is 0. The fourth-order valence-corrected chi connectivity index (χ4v) is 9.68. The number of allylic oxidation sites excluding steroid dienone is 10. The summed E-state index contributed by atoms with van der Waals surface area (Å²) in [7, 11) is 0. The van der Waals surface area contributed by atoms with Gasteiger partial charge in [-0.05, 0) is 109 Å². The lowest BCUT2D eigenvalue weighted by atomic mass is 10.0. The molecule has 76 heavy (non-hydrogen) atoms. The van der Waals surface area contributed by atoms with Gasteiger partial charge >= 0.3 is 17.9 Å². The van der Waals surface area contributed by atoms with Crippen molar-refractivity contribution in [2.75, 3.05) is 13.2 Å². The van der Waals surface area contributed by atoms with Crippen molar-refractivity contribution in [2.45, 2.75) is 354 Å². The van der Waals surface area contributed by atoms with E-state index in [2.05, 4.69) is 81.5 Å². The molecule has 0 bridgehead atoms. The van der Waals surface area contributed by atoms with Gasteiger partial charge in [-0.15, -0.1) is 0 Å². The summed E-state index contributed by atoms with van der Waals surface area (Å²) in [5.74, 6) is -0.887. The van der Waals surface area contributed by atoms with Gasteiger partial charge in [0.05, 0.1) is 0 Å². The summed E-state index contributed by atoms with van der Waals surface area (Å²) in [4.78, 5) is 38.2. The Morgan fingerprint density at radius 1 is 0.263 bits per heavy atom. The quantitative estimate of drug-likeness (QED) is 0.0261. The van der Waals surface area contributed by atoms with Crippen LogP contribution in [-0.2, 0) is 28.6 Å². The van der Waals surface area contributed by atoms with Crippen LogP contribution in [0.5, 0.6) is 0 Å². The minimum Gasteiger partial charge on any atom is -0.462 e. The largest absolute Gasteiger partial charge is 0.462 e. The summed E-state index contributed by atoms with van der Waals surface area (Å²) in [5.41, 5.74) is 0. The van der Waals surface area contributed by atoms with Crippen LogP contribution in [-0.4, -0.2) is 37.2 Å². The molecular weight excluding hydrogens is 937 g/mol. The topological polar surface area (TPSA) is 78.9 Å². The van der Waals surface area contributed by atoms with E-state index in [1.165, 1.54) is 212 Å². The Hall–Kier alpha value is -2.89. The third-order valence-corrected chi connectivity index (χ3v) is 14.7. The van der Waals surface area contributed by atoms with Crippen LogP contribution in [0.3, 0.4) is 0 Å². The van der Waals surface area contributed by atoms with E-state index < -0.39 is 6.10 Å². The molecule has 0 saturated heterocycles. The summed E-state index contributed by atoms with van der Waals surface area (Å²) in [6, 6.07) is 0. The first-order valence-electron chi connectivity index (χ1n) is 33.3. The maximum absolute atomic E-state index is 12.9. The Bertz CT molecular complexity index is 1360. The first-order valence-corrected chi connectivity index (χ1v) is 33.3. The van der Waals surface area contributed by atoms with Crippen LogP contribution >= 0.6 is 0 Å². The zero-order chi connectivity index (χ0) is 55.0. The van der Waals surface area contributed by atoms with E-state index in [0.717, 1.165) is 96.3 Å². The highest BCUT2D eigenvalue weighted by atomic mass is 16.6. The van der Waals surface area contributed by atoms with Crippen molar-refractivity contribution in [3.05, 3.63) is 60.8 Å². The lowest BCUT2D eigenvalue weighted by molar-refractivity contribution is -0.167. The fourth-order valence-electron chi connectivity index (χ4n) is 9.68. The molecule has 0 radical (unpaired) electrons. The molecule has 0 aliphatic carbocycles. The van der Waals surface area contributed by atoms with Crippen LogP contribution in [0.2, 0.25) is 0 Å². The summed E-state index contributed by atoms with van der Waals surface area (Å²) in [6.07, 6.45) is 82.5. The van der Waals surface area contributed by atoms with Crippen molar-refractivity contribution in [1.29, 1.82) is 0 Å². The third-order valence-electron chi connectivity index (χ3n) is 14.7. The zero-order valence-electron chi connectivity index (χ0n) is 50.8. The standard InChI is InChI=1S/C70H126O6/c1-4-7-10-13-16-19-22-25-27-28-29-30-31-32-33-34-35-36-37-38-39-40-41-42-44-45-48-51-54-57-60-63-69(72)75-66-67(65-74-68(71)62-59-56-53-50-47-24-21-18-15-12-9-6-3)76-70(73)64-61-58-55-52-49-46-43-26-23-20-17-14-11-8-5-2/h17-18,20-22,25-26,28-29,43,67H,4-16,19,23-24,27,30-42,44-66H2,1-3H3/b20-17-,21-18-,25-22-,29-28-,43-26-. The smallest absolute Gasteiger partial charge is 0.306 e. The molecule has 6 nitrogen and oxygen atoms in total. The van der Waals surface area contributed by atoms with E-state index in [0.29, 0.717) is 19.3 Å². The average Bonchev–Trinajstić information content (AvgIpc) is 3.42. The van der Waals surface area contributed by atoms with Crippen LogP contribution in [0.1, 0.15) is 348 Å². The number of hydrogen-bond acceptors (Lipinski definition) is 6. The molecule has 0 fully saturated rings. The Morgan fingerprint density at radius 2 is 0.474 bits per heavy atom. The molecular formula is C70H126O6. The van der Waals surface area contributed by atoms with Crippen molar-refractivity contribution >= 4 is 17.9 Å². The molecule has 0 saturated carbocycles. The van der Waals surface area contributed by atoms with Crippen LogP contribution in [0.15, 0.2) is 60.8 Å². The van der Waals surface area contributed by atoms with Gasteiger partial charge in [-0.3, -0.25) is 14.4 Å². The summed E-state index contributed by atoms with van der Waals surface area (Å²) >= 11 is 0. The fraction of sp³-hybridized carbons (Fsp3) is 0.814. The predicted octanol–water partition coefficient (Wildman–Crippen LogP) is 22.7. The number of carbonyl (C=O) groups excluding carboxylic acids is 3. The Morgan fingerprint density at radius 3 is 0.763 bits per heavy atom. The van der Waals surface area contributed by atoms with Crippen LogP contribution in [0.4, 0.5) is 0 Å². The maximum Gasteiger partial charge on any atom is 0.306 e. The Kier molecular flexibility index (Phi) is 62.2. The van der Waals surface area contributed by atoms with Gasteiger partial charge in [0.1, 0.15) is 13.2 Å². The molecule has 442 valence electrons. The average molecular weight is 1060 g/mol. The molecule has 1 atom stereocenters. The molecule has 0 N–H and O–H groups in total. The number of esters is 3. The van der Waals surface area contributed by atoms with Crippen LogP contribution < -0.4 is 0 Å². The van der Waals surface area contributed by atoms with E-state index in [4.69, 9.17) is 14.2 Å². The second-order valence-corrected chi connectivity index (χ2v) is 22.4. The van der Waals surface area contributed by atoms with Gasteiger partial charge in [0.15, 0.2) is 6.10 Å². The molecule has 0 heterocycles.